The molecule has 4 nitrogen and oxygen atoms in total. The number of esters is 1. The second-order valence-electron chi connectivity index (χ2n) is 3.62. The first-order valence-corrected chi connectivity index (χ1v) is 7.06. The van der Waals surface area contributed by atoms with Gasteiger partial charge in [-0.3, -0.25) is 0 Å². The number of H-pyrrole nitrogens is 1. The highest BCUT2D eigenvalue weighted by atomic mass is 35.5. The summed E-state index contributed by atoms with van der Waals surface area (Å²) in [5, 5.41) is 0. The topological polar surface area (TPSA) is 55.0 Å². The number of nitrogens with zero attached hydrogens (tertiary/aromatic N) is 1. The van der Waals surface area contributed by atoms with Crippen molar-refractivity contribution in [2.75, 3.05) is 7.11 Å². The highest BCUT2D eigenvalue weighted by Crippen LogP contribution is 2.36. The number of carbonyl (C=O) groups is 1. The number of halogens is 2. The molecule has 19 heavy (non-hydrogen) atoms. The number of carbonyl (C=O) groups excluding carboxylic acids is 1. The lowest BCUT2D eigenvalue weighted by atomic mass is 10.2. The van der Waals surface area contributed by atoms with Crippen molar-refractivity contribution in [1.29, 1.82) is 0 Å². The minimum atomic E-state index is -0.521. The Bertz CT molecular complexity index is 709. The van der Waals surface area contributed by atoms with Gasteiger partial charge in [-0.1, -0.05) is 35.4 Å². The third kappa shape index (κ3) is 2.81. The van der Waals surface area contributed by atoms with Crippen LogP contribution in [-0.2, 0) is 4.74 Å². The van der Waals surface area contributed by atoms with Crippen molar-refractivity contribution in [3.05, 3.63) is 30.6 Å². The van der Waals surface area contributed by atoms with Crippen molar-refractivity contribution in [2.24, 2.45) is 0 Å². The van der Waals surface area contributed by atoms with Gasteiger partial charge in [-0.2, -0.15) is 0 Å². The molecular weight excluding hydrogens is 327 g/mol. The summed E-state index contributed by atoms with van der Waals surface area (Å²) in [5.41, 5.74) is 1.47. The summed E-state index contributed by atoms with van der Waals surface area (Å²) in [6.07, 6.45) is 0. The van der Waals surface area contributed by atoms with Crippen LogP contribution in [0.2, 0.25) is 8.67 Å². The van der Waals surface area contributed by atoms with E-state index in [0.717, 1.165) is 0 Å². The van der Waals surface area contributed by atoms with Gasteiger partial charge in [0.25, 0.3) is 0 Å². The lowest BCUT2D eigenvalue weighted by Gasteiger charge is -2.06. The summed E-state index contributed by atoms with van der Waals surface area (Å²) in [7, 11) is 1.29. The molecular formula is C11H8Cl2N2O2S2. The summed E-state index contributed by atoms with van der Waals surface area (Å²) >= 11 is 18.3. The summed E-state index contributed by atoms with van der Waals surface area (Å²) in [5.74, 6) is -0.0458. The van der Waals surface area contributed by atoms with Crippen molar-refractivity contribution >= 4 is 52.7 Å². The molecule has 0 unspecified atom stereocenters. The maximum atomic E-state index is 11.6. The number of methoxy groups -OCH3 is 1. The predicted molar refractivity (Wildman–Crippen MR) is 78.8 cm³/mol. The average Bonchev–Trinajstić information content (AvgIpc) is 2.67. The molecule has 0 amide bonds. The molecule has 0 fully saturated rings. The van der Waals surface area contributed by atoms with Crippen LogP contribution in [0.1, 0.15) is 16.1 Å². The molecule has 1 N–H and O–H groups in total. The van der Waals surface area contributed by atoms with E-state index in [0.29, 0.717) is 25.8 Å². The maximum absolute atomic E-state index is 11.6. The first-order valence-electron chi connectivity index (χ1n) is 5.08. The van der Waals surface area contributed by atoms with E-state index < -0.39 is 5.97 Å². The molecule has 100 valence electrons. The van der Waals surface area contributed by atoms with Gasteiger partial charge in [0.1, 0.15) is 20.4 Å². The zero-order valence-electron chi connectivity index (χ0n) is 9.91. The fraction of sp³-hybridized carbons (Fsp3) is 0.182. The van der Waals surface area contributed by atoms with Crippen LogP contribution in [0.25, 0.3) is 11.4 Å². The molecule has 2 aromatic heterocycles. The molecule has 0 spiro atoms. The molecule has 2 rings (SSSR count). The number of aromatic nitrogens is 2. The van der Waals surface area contributed by atoms with E-state index in [1.807, 2.05) is 0 Å². The van der Waals surface area contributed by atoms with E-state index in [2.05, 4.69) is 14.7 Å². The molecule has 0 aliphatic rings. The Labute approximate surface area is 128 Å². The van der Waals surface area contributed by atoms with Crippen LogP contribution in [-0.4, -0.2) is 23.0 Å². The number of aryl methyl sites for hydroxylation is 1. The first kappa shape index (κ1) is 14.5. The molecule has 0 aliphatic carbocycles. The van der Waals surface area contributed by atoms with Crippen molar-refractivity contribution in [2.45, 2.75) is 6.92 Å². The molecule has 0 aromatic carbocycles. The highest BCUT2D eigenvalue weighted by molar-refractivity contribution is 7.71. The van der Waals surface area contributed by atoms with Crippen LogP contribution >= 0.6 is 46.8 Å². The zero-order valence-corrected chi connectivity index (χ0v) is 13.1. The van der Waals surface area contributed by atoms with Gasteiger partial charge in [0.2, 0.25) is 0 Å². The molecule has 0 atom stereocenters. The lowest BCUT2D eigenvalue weighted by Crippen LogP contribution is -2.08. The molecule has 8 heteroatoms. The van der Waals surface area contributed by atoms with Crippen molar-refractivity contribution < 1.29 is 9.53 Å². The summed E-state index contributed by atoms with van der Waals surface area (Å²) < 4.78 is 5.88. The second-order valence-corrected chi connectivity index (χ2v) is 6.29. The highest BCUT2D eigenvalue weighted by Gasteiger charge is 2.17. The fourth-order valence-corrected chi connectivity index (χ4v) is 3.35. The Morgan fingerprint density at radius 2 is 2.21 bits per heavy atom. The van der Waals surface area contributed by atoms with Gasteiger partial charge in [0.15, 0.2) is 0 Å². The molecule has 0 aliphatic heterocycles. The fourth-order valence-electron chi connectivity index (χ4n) is 1.56. The maximum Gasteiger partial charge on any atom is 0.342 e. The summed E-state index contributed by atoms with van der Waals surface area (Å²) in [4.78, 5) is 18.7. The zero-order chi connectivity index (χ0) is 14.2. The van der Waals surface area contributed by atoms with Crippen LogP contribution < -0.4 is 0 Å². The van der Waals surface area contributed by atoms with E-state index >= 15 is 0 Å². The number of hydrogen-bond acceptors (Lipinski definition) is 5. The van der Waals surface area contributed by atoms with Crippen LogP contribution in [0.5, 0.6) is 0 Å². The van der Waals surface area contributed by atoms with E-state index in [4.69, 9.17) is 35.4 Å². The Morgan fingerprint density at radius 3 is 2.68 bits per heavy atom. The van der Waals surface area contributed by atoms with Gasteiger partial charge in [-0.05, 0) is 13.0 Å². The molecule has 2 heterocycles. The number of nitrogens with one attached hydrogen (secondary N) is 1. The smallest absolute Gasteiger partial charge is 0.342 e. The molecule has 0 bridgehead atoms. The number of hydrogen-bond donors (Lipinski definition) is 1. The van der Waals surface area contributed by atoms with Crippen LogP contribution in [0.3, 0.4) is 0 Å². The van der Waals surface area contributed by atoms with E-state index in [1.54, 1.807) is 13.0 Å². The Hall–Kier alpha value is -0.950. The summed E-state index contributed by atoms with van der Waals surface area (Å²) in [6.45, 7) is 1.72. The van der Waals surface area contributed by atoms with Crippen molar-refractivity contribution in [3.63, 3.8) is 0 Å². The van der Waals surface area contributed by atoms with Gasteiger partial charge < -0.3 is 9.72 Å². The number of ether oxygens (including phenoxy) is 1. The van der Waals surface area contributed by atoms with Gasteiger partial charge in [-0.25, -0.2) is 9.78 Å². The molecule has 2 aromatic rings. The number of aromatic amines is 1. The minimum Gasteiger partial charge on any atom is -0.465 e. The van der Waals surface area contributed by atoms with Crippen LogP contribution in [0.15, 0.2) is 6.07 Å². The number of rotatable bonds is 2. The van der Waals surface area contributed by atoms with Gasteiger partial charge in [-0.15, -0.1) is 11.3 Å². The third-order valence-corrected chi connectivity index (χ3v) is 4.19. The van der Waals surface area contributed by atoms with Gasteiger partial charge in [0, 0.05) is 11.3 Å². The van der Waals surface area contributed by atoms with Gasteiger partial charge in [0.05, 0.1) is 11.4 Å². The van der Waals surface area contributed by atoms with Crippen molar-refractivity contribution in [3.8, 4) is 11.4 Å². The first-order chi connectivity index (χ1) is 8.93. The second kappa shape index (κ2) is 5.58. The molecule has 0 saturated carbocycles. The average molecular weight is 335 g/mol. The molecule has 0 radical (unpaired) electrons. The van der Waals surface area contributed by atoms with Crippen molar-refractivity contribution in [1.82, 2.24) is 9.97 Å². The monoisotopic (exact) mass is 334 g/mol. The van der Waals surface area contributed by atoms with E-state index in [-0.39, 0.29) is 10.2 Å². The quantitative estimate of drug-likeness (QED) is 0.658. The van der Waals surface area contributed by atoms with Crippen LogP contribution in [0, 0.1) is 11.6 Å². The van der Waals surface area contributed by atoms with Crippen LogP contribution in [0.4, 0.5) is 0 Å². The summed E-state index contributed by atoms with van der Waals surface area (Å²) in [6, 6.07) is 1.69. The Balaban J connectivity index is 2.61. The standard InChI is InChI=1S/C11H8Cl2N2O2S2/c1-4-7(11(16)17-2)10(18)15-9(14-4)5-3-6(12)19-8(5)13/h3H,1-2H3,(H,14,15,18). The Morgan fingerprint density at radius 1 is 1.53 bits per heavy atom. The third-order valence-electron chi connectivity index (χ3n) is 2.41. The van der Waals surface area contributed by atoms with Gasteiger partial charge >= 0.3 is 5.97 Å². The predicted octanol–water partition coefficient (Wildman–Crippen LogP) is 4.27. The van der Waals surface area contributed by atoms with E-state index in [1.165, 1.54) is 18.4 Å². The van der Waals surface area contributed by atoms with E-state index in [9.17, 15) is 4.79 Å². The normalized spacial score (nSPS) is 10.5. The number of thiophene rings is 1. The molecule has 0 saturated heterocycles. The largest absolute Gasteiger partial charge is 0.465 e. The SMILES string of the molecule is COC(=O)c1c(C)[nH]c(-c2cc(Cl)sc2Cl)nc1=S. The lowest BCUT2D eigenvalue weighted by molar-refractivity contribution is 0.0598. The Kier molecular flexibility index (Phi) is 4.25. The minimum absolute atomic E-state index is 0.163.